The van der Waals surface area contributed by atoms with Crippen molar-refractivity contribution in [1.82, 2.24) is 5.32 Å². The first-order chi connectivity index (χ1) is 8.67. The van der Waals surface area contributed by atoms with Crippen molar-refractivity contribution in [2.75, 3.05) is 5.32 Å². The summed E-state index contributed by atoms with van der Waals surface area (Å²) in [5.41, 5.74) is 7.04. The Hall–Kier alpha value is -2.24. The smallest absolute Gasteiger partial charge is 0.319 e. The Labute approximate surface area is 105 Å². The molecule has 1 saturated carbocycles. The number of nitrogens with one attached hydrogen (secondary N) is 2. The van der Waals surface area contributed by atoms with Crippen LogP contribution >= 0.6 is 0 Å². The quantitative estimate of drug-likeness (QED) is 0.279. The standard InChI is InChI=1S/C12H16N4O2/c13-11(16-18)7-8-1-3-9(4-2-8)14-12(17)15-10-5-6-10/h1-4,10,18H,5-7H2,(H2,13,16)(H2,14,15,17). The van der Waals surface area contributed by atoms with Gasteiger partial charge in [-0.1, -0.05) is 17.3 Å². The number of urea groups is 1. The number of anilines is 1. The fourth-order valence-electron chi connectivity index (χ4n) is 1.53. The van der Waals surface area contributed by atoms with Gasteiger partial charge in [0.25, 0.3) is 0 Å². The van der Waals surface area contributed by atoms with Gasteiger partial charge in [-0.05, 0) is 30.5 Å². The van der Waals surface area contributed by atoms with E-state index in [2.05, 4.69) is 15.8 Å². The molecule has 0 bridgehead atoms. The van der Waals surface area contributed by atoms with Gasteiger partial charge in [-0.25, -0.2) is 4.79 Å². The van der Waals surface area contributed by atoms with Gasteiger partial charge in [0.15, 0.2) is 0 Å². The minimum atomic E-state index is -0.179. The zero-order valence-corrected chi connectivity index (χ0v) is 9.89. The number of carbonyl (C=O) groups excluding carboxylic acids is 1. The summed E-state index contributed by atoms with van der Waals surface area (Å²) in [5.74, 6) is 0.155. The predicted molar refractivity (Wildman–Crippen MR) is 68.7 cm³/mol. The molecule has 96 valence electrons. The van der Waals surface area contributed by atoms with E-state index >= 15 is 0 Å². The molecule has 1 aromatic rings. The van der Waals surface area contributed by atoms with Gasteiger partial charge in [0.1, 0.15) is 5.84 Å². The van der Waals surface area contributed by atoms with Crippen molar-refractivity contribution >= 4 is 17.6 Å². The van der Waals surface area contributed by atoms with E-state index in [-0.39, 0.29) is 11.9 Å². The number of hydrogen-bond donors (Lipinski definition) is 4. The molecule has 0 heterocycles. The first kappa shape index (κ1) is 12.2. The molecule has 0 aliphatic heterocycles. The maximum absolute atomic E-state index is 11.5. The lowest BCUT2D eigenvalue weighted by Gasteiger charge is -2.07. The Morgan fingerprint density at radius 1 is 1.39 bits per heavy atom. The number of amidine groups is 1. The average Bonchev–Trinajstić information content (AvgIpc) is 3.15. The second-order valence-corrected chi connectivity index (χ2v) is 4.34. The Kier molecular flexibility index (Phi) is 3.66. The number of nitrogens with zero attached hydrogens (tertiary/aromatic N) is 1. The number of carbonyl (C=O) groups is 1. The Morgan fingerprint density at radius 2 is 2.06 bits per heavy atom. The normalized spacial score (nSPS) is 15.2. The minimum absolute atomic E-state index is 0.155. The lowest BCUT2D eigenvalue weighted by Crippen LogP contribution is -2.30. The molecular formula is C12H16N4O2. The number of amides is 2. The third kappa shape index (κ3) is 3.65. The van der Waals surface area contributed by atoms with Crippen LogP contribution in [0.3, 0.4) is 0 Å². The van der Waals surface area contributed by atoms with Crippen molar-refractivity contribution in [2.45, 2.75) is 25.3 Å². The van der Waals surface area contributed by atoms with Crippen LogP contribution in [-0.2, 0) is 6.42 Å². The molecule has 0 aromatic heterocycles. The summed E-state index contributed by atoms with van der Waals surface area (Å²) in [6, 6.07) is 7.38. The monoisotopic (exact) mass is 248 g/mol. The van der Waals surface area contributed by atoms with E-state index in [1.54, 1.807) is 12.1 Å². The van der Waals surface area contributed by atoms with Gasteiger partial charge < -0.3 is 21.6 Å². The zero-order valence-electron chi connectivity index (χ0n) is 9.89. The van der Waals surface area contributed by atoms with Gasteiger partial charge in [-0.3, -0.25) is 0 Å². The Morgan fingerprint density at radius 3 is 2.61 bits per heavy atom. The van der Waals surface area contributed by atoms with Gasteiger partial charge >= 0.3 is 6.03 Å². The molecule has 2 rings (SSSR count). The molecule has 0 spiro atoms. The fraction of sp³-hybridized carbons (Fsp3) is 0.333. The lowest BCUT2D eigenvalue weighted by atomic mass is 10.1. The molecule has 0 unspecified atom stereocenters. The van der Waals surface area contributed by atoms with Gasteiger partial charge in [0.2, 0.25) is 0 Å². The maximum atomic E-state index is 11.5. The van der Waals surface area contributed by atoms with E-state index in [0.717, 1.165) is 24.1 Å². The average molecular weight is 248 g/mol. The van der Waals surface area contributed by atoms with E-state index in [0.29, 0.717) is 12.5 Å². The molecule has 18 heavy (non-hydrogen) atoms. The van der Waals surface area contributed by atoms with Crippen molar-refractivity contribution < 1.29 is 10.0 Å². The lowest BCUT2D eigenvalue weighted by molar-refractivity contribution is 0.251. The molecule has 1 aliphatic carbocycles. The van der Waals surface area contributed by atoms with Crippen LogP contribution in [0.2, 0.25) is 0 Å². The van der Waals surface area contributed by atoms with Gasteiger partial charge in [0, 0.05) is 18.2 Å². The van der Waals surface area contributed by atoms with E-state index in [1.165, 1.54) is 0 Å². The second-order valence-electron chi connectivity index (χ2n) is 4.34. The van der Waals surface area contributed by atoms with Crippen molar-refractivity contribution in [3.8, 4) is 0 Å². The van der Waals surface area contributed by atoms with Crippen molar-refractivity contribution in [1.29, 1.82) is 0 Å². The highest BCUT2D eigenvalue weighted by Crippen LogP contribution is 2.19. The molecule has 0 radical (unpaired) electrons. The van der Waals surface area contributed by atoms with Crippen LogP contribution in [0.25, 0.3) is 0 Å². The number of hydrogen-bond acceptors (Lipinski definition) is 3. The van der Waals surface area contributed by atoms with Crippen LogP contribution < -0.4 is 16.4 Å². The summed E-state index contributed by atoms with van der Waals surface area (Å²) in [6.45, 7) is 0. The van der Waals surface area contributed by atoms with Crippen LogP contribution in [0.1, 0.15) is 18.4 Å². The SMILES string of the molecule is NC(Cc1ccc(NC(=O)NC2CC2)cc1)=NO. The van der Waals surface area contributed by atoms with Crippen LogP contribution in [-0.4, -0.2) is 23.1 Å². The van der Waals surface area contributed by atoms with Crippen molar-refractivity contribution in [3.63, 3.8) is 0 Å². The summed E-state index contributed by atoms with van der Waals surface area (Å²) in [5, 5.41) is 16.9. The maximum Gasteiger partial charge on any atom is 0.319 e. The Balaban J connectivity index is 1.88. The minimum Gasteiger partial charge on any atom is -0.409 e. The molecule has 6 nitrogen and oxygen atoms in total. The molecule has 1 fully saturated rings. The summed E-state index contributed by atoms with van der Waals surface area (Å²) in [4.78, 5) is 11.5. The summed E-state index contributed by atoms with van der Waals surface area (Å²) in [6.07, 6.45) is 2.50. The molecule has 2 amide bonds. The van der Waals surface area contributed by atoms with Gasteiger partial charge in [-0.15, -0.1) is 0 Å². The predicted octanol–water partition coefficient (Wildman–Crippen LogP) is 1.26. The molecule has 0 atom stereocenters. The van der Waals surface area contributed by atoms with E-state index in [1.807, 2.05) is 12.1 Å². The third-order valence-electron chi connectivity index (χ3n) is 2.64. The van der Waals surface area contributed by atoms with Crippen LogP contribution in [0.5, 0.6) is 0 Å². The summed E-state index contributed by atoms with van der Waals surface area (Å²) < 4.78 is 0. The zero-order chi connectivity index (χ0) is 13.0. The largest absolute Gasteiger partial charge is 0.409 e. The first-order valence-corrected chi connectivity index (χ1v) is 5.80. The topological polar surface area (TPSA) is 99.7 Å². The van der Waals surface area contributed by atoms with Crippen LogP contribution in [0.4, 0.5) is 10.5 Å². The van der Waals surface area contributed by atoms with Gasteiger partial charge in [-0.2, -0.15) is 0 Å². The molecule has 0 saturated heterocycles. The molecule has 6 heteroatoms. The second kappa shape index (κ2) is 5.39. The van der Waals surface area contributed by atoms with Gasteiger partial charge in [0.05, 0.1) is 0 Å². The molecule has 1 aromatic carbocycles. The number of nitrogens with two attached hydrogens (primary N) is 1. The van der Waals surface area contributed by atoms with E-state index in [9.17, 15) is 4.79 Å². The van der Waals surface area contributed by atoms with Crippen LogP contribution in [0.15, 0.2) is 29.4 Å². The van der Waals surface area contributed by atoms with Crippen LogP contribution in [0, 0.1) is 0 Å². The number of rotatable bonds is 4. The molecule has 1 aliphatic rings. The van der Waals surface area contributed by atoms with E-state index in [4.69, 9.17) is 10.9 Å². The Bertz CT molecular complexity index is 452. The summed E-state index contributed by atoms with van der Waals surface area (Å²) in [7, 11) is 0. The number of benzene rings is 1. The molecule has 5 N–H and O–H groups in total. The fourth-order valence-corrected chi connectivity index (χ4v) is 1.53. The third-order valence-corrected chi connectivity index (χ3v) is 2.64. The highest BCUT2D eigenvalue weighted by Gasteiger charge is 2.23. The van der Waals surface area contributed by atoms with Crippen molar-refractivity contribution in [2.24, 2.45) is 10.9 Å². The summed E-state index contributed by atoms with van der Waals surface area (Å²) >= 11 is 0. The highest BCUT2D eigenvalue weighted by molar-refractivity contribution is 5.89. The molecular weight excluding hydrogens is 232 g/mol. The number of oxime groups is 1. The highest BCUT2D eigenvalue weighted by atomic mass is 16.4. The first-order valence-electron chi connectivity index (χ1n) is 5.80. The van der Waals surface area contributed by atoms with Crippen molar-refractivity contribution in [3.05, 3.63) is 29.8 Å². The van der Waals surface area contributed by atoms with E-state index < -0.39 is 0 Å².